The number of nitrogens with one attached hydrogen (secondary N) is 2. The van der Waals surface area contributed by atoms with E-state index in [1.54, 1.807) is 30.6 Å². The van der Waals surface area contributed by atoms with Gasteiger partial charge in [0.15, 0.2) is 5.16 Å². The Labute approximate surface area is 136 Å². The third kappa shape index (κ3) is 3.95. The first-order valence-corrected chi connectivity index (χ1v) is 7.98. The van der Waals surface area contributed by atoms with E-state index in [4.69, 9.17) is 0 Å². The van der Waals surface area contributed by atoms with E-state index in [0.29, 0.717) is 22.6 Å². The van der Waals surface area contributed by atoms with Gasteiger partial charge in [0.1, 0.15) is 0 Å². The van der Waals surface area contributed by atoms with Crippen molar-refractivity contribution in [3.63, 3.8) is 0 Å². The molecule has 2 N–H and O–H groups in total. The lowest BCUT2D eigenvalue weighted by Crippen LogP contribution is -2.24. The van der Waals surface area contributed by atoms with Crippen LogP contribution < -0.4 is 10.9 Å². The van der Waals surface area contributed by atoms with Crippen molar-refractivity contribution in [2.45, 2.75) is 11.7 Å². The molecule has 1 aromatic carbocycles. The second-order valence-electron chi connectivity index (χ2n) is 4.81. The Morgan fingerprint density at radius 3 is 2.91 bits per heavy atom. The number of aromatic nitrogens is 3. The summed E-state index contributed by atoms with van der Waals surface area (Å²) >= 11 is 1.20. The van der Waals surface area contributed by atoms with Crippen LogP contribution >= 0.6 is 11.8 Å². The third-order valence-corrected chi connectivity index (χ3v) is 4.02. The van der Waals surface area contributed by atoms with Gasteiger partial charge in [0.2, 0.25) is 5.91 Å². The van der Waals surface area contributed by atoms with Crippen LogP contribution in [0.2, 0.25) is 0 Å². The lowest BCUT2D eigenvalue weighted by molar-refractivity contribution is -0.118. The molecule has 0 aliphatic rings. The highest BCUT2D eigenvalue weighted by Crippen LogP contribution is 2.14. The Hall–Kier alpha value is -2.67. The zero-order valence-corrected chi connectivity index (χ0v) is 13.0. The molecule has 3 rings (SSSR count). The molecule has 0 unspecified atom stereocenters. The maximum atomic E-state index is 11.9. The van der Waals surface area contributed by atoms with Crippen molar-refractivity contribution in [3.8, 4) is 0 Å². The van der Waals surface area contributed by atoms with Gasteiger partial charge in [0.05, 0.1) is 16.7 Å². The summed E-state index contributed by atoms with van der Waals surface area (Å²) < 4.78 is 0. The van der Waals surface area contributed by atoms with Crippen molar-refractivity contribution < 1.29 is 4.79 Å². The van der Waals surface area contributed by atoms with Crippen LogP contribution in [0.3, 0.4) is 0 Å². The van der Waals surface area contributed by atoms with Crippen LogP contribution in [0.15, 0.2) is 58.7 Å². The number of carbonyl (C=O) groups excluding carboxylic acids is 1. The molecular formula is C16H14N4O2S. The molecule has 116 valence electrons. The zero-order chi connectivity index (χ0) is 16.1. The molecule has 7 heteroatoms. The minimum absolute atomic E-state index is 0.130. The Balaban J connectivity index is 1.60. The number of nitrogens with zero attached hydrogens (tertiary/aromatic N) is 2. The van der Waals surface area contributed by atoms with Crippen molar-refractivity contribution in [3.05, 3.63) is 64.7 Å². The number of rotatable bonds is 5. The maximum Gasteiger partial charge on any atom is 0.259 e. The monoisotopic (exact) mass is 326 g/mol. The van der Waals surface area contributed by atoms with Crippen molar-refractivity contribution >= 4 is 28.6 Å². The molecule has 1 amide bonds. The van der Waals surface area contributed by atoms with E-state index in [1.807, 2.05) is 18.2 Å². The van der Waals surface area contributed by atoms with E-state index in [0.717, 1.165) is 5.56 Å². The molecule has 0 atom stereocenters. The summed E-state index contributed by atoms with van der Waals surface area (Å²) in [5, 5.41) is 3.78. The standard InChI is InChI=1S/C16H14N4O2S/c21-14(18-9-11-4-3-7-17-8-11)10-23-16-19-13-6-2-1-5-12(13)15(22)20-16/h1-8H,9-10H2,(H,18,21)(H,19,20,22). The predicted octanol–water partition coefficient (Wildman–Crippen LogP) is 1.73. The van der Waals surface area contributed by atoms with Gasteiger partial charge in [0.25, 0.3) is 5.56 Å². The van der Waals surface area contributed by atoms with Gasteiger partial charge in [-0.15, -0.1) is 0 Å². The number of aromatic amines is 1. The van der Waals surface area contributed by atoms with Crippen molar-refractivity contribution in [2.75, 3.05) is 5.75 Å². The van der Waals surface area contributed by atoms with Crippen molar-refractivity contribution in [1.82, 2.24) is 20.3 Å². The molecule has 23 heavy (non-hydrogen) atoms. The first kappa shape index (κ1) is 15.2. The Morgan fingerprint density at radius 1 is 1.22 bits per heavy atom. The van der Waals surface area contributed by atoms with Gasteiger partial charge in [-0.2, -0.15) is 0 Å². The van der Waals surface area contributed by atoms with Crippen LogP contribution in [0.5, 0.6) is 0 Å². The average molecular weight is 326 g/mol. The van der Waals surface area contributed by atoms with E-state index in [9.17, 15) is 9.59 Å². The highest BCUT2D eigenvalue weighted by molar-refractivity contribution is 7.99. The third-order valence-electron chi connectivity index (χ3n) is 3.14. The molecule has 0 radical (unpaired) electrons. The van der Waals surface area contributed by atoms with E-state index in [1.165, 1.54) is 11.8 Å². The molecule has 0 saturated heterocycles. The normalized spacial score (nSPS) is 10.6. The fourth-order valence-electron chi connectivity index (χ4n) is 2.02. The number of fused-ring (bicyclic) bond motifs is 1. The summed E-state index contributed by atoms with van der Waals surface area (Å²) in [5.74, 6) is 0.0521. The Morgan fingerprint density at radius 2 is 2.09 bits per heavy atom. The number of amides is 1. The van der Waals surface area contributed by atoms with E-state index in [2.05, 4.69) is 20.3 Å². The number of thioether (sulfide) groups is 1. The van der Waals surface area contributed by atoms with Crippen LogP contribution in [0.4, 0.5) is 0 Å². The average Bonchev–Trinajstić information content (AvgIpc) is 2.59. The number of carbonyl (C=O) groups is 1. The smallest absolute Gasteiger partial charge is 0.259 e. The molecule has 0 saturated carbocycles. The second kappa shape index (κ2) is 7.06. The van der Waals surface area contributed by atoms with Crippen molar-refractivity contribution in [1.29, 1.82) is 0 Å². The molecule has 2 heterocycles. The lowest BCUT2D eigenvalue weighted by atomic mass is 10.2. The molecule has 3 aromatic rings. The minimum Gasteiger partial charge on any atom is -0.351 e. The van der Waals surface area contributed by atoms with Gasteiger partial charge in [-0.3, -0.25) is 14.6 Å². The topological polar surface area (TPSA) is 87.7 Å². The second-order valence-corrected chi connectivity index (χ2v) is 5.78. The fourth-order valence-corrected chi connectivity index (χ4v) is 2.72. The van der Waals surface area contributed by atoms with Gasteiger partial charge >= 0.3 is 0 Å². The Bertz CT molecular complexity index is 880. The van der Waals surface area contributed by atoms with Crippen LogP contribution in [0.1, 0.15) is 5.56 Å². The summed E-state index contributed by atoms with van der Waals surface area (Å²) in [6.45, 7) is 0.425. The molecule has 2 aromatic heterocycles. The molecule has 0 aliphatic heterocycles. The summed E-state index contributed by atoms with van der Waals surface area (Å²) in [6, 6.07) is 10.8. The highest BCUT2D eigenvalue weighted by atomic mass is 32.2. The Kier molecular flexibility index (Phi) is 4.68. The van der Waals surface area contributed by atoms with Crippen LogP contribution in [0.25, 0.3) is 10.9 Å². The van der Waals surface area contributed by atoms with Gasteiger partial charge in [0, 0.05) is 18.9 Å². The number of para-hydroxylation sites is 1. The van der Waals surface area contributed by atoms with Gasteiger partial charge in [-0.25, -0.2) is 4.98 Å². The van der Waals surface area contributed by atoms with E-state index < -0.39 is 0 Å². The molecule has 6 nitrogen and oxygen atoms in total. The number of hydrogen-bond donors (Lipinski definition) is 2. The predicted molar refractivity (Wildman–Crippen MR) is 89.2 cm³/mol. The summed E-state index contributed by atoms with van der Waals surface area (Å²) in [5.41, 5.74) is 1.35. The van der Waals surface area contributed by atoms with Crippen LogP contribution in [-0.4, -0.2) is 26.6 Å². The fraction of sp³-hybridized carbons (Fsp3) is 0.125. The zero-order valence-electron chi connectivity index (χ0n) is 12.2. The number of pyridine rings is 1. The number of H-pyrrole nitrogens is 1. The van der Waals surface area contributed by atoms with E-state index in [-0.39, 0.29) is 17.2 Å². The SMILES string of the molecule is O=C(CSc1nc2ccccc2c(=O)[nH]1)NCc1cccnc1. The largest absolute Gasteiger partial charge is 0.351 e. The molecule has 0 aliphatic carbocycles. The van der Waals surface area contributed by atoms with Gasteiger partial charge in [-0.05, 0) is 23.8 Å². The van der Waals surface area contributed by atoms with Crippen molar-refractivity contribution in [2.24, 2.45) is 0 Å². The molecule has 0 bridgehead atoms. The number of benzene rings is 1. The summed E-state index contributed by atoms with van der Waals surface area (Å²) in [6.07, 6.45) is 3.39. The van der Waals surface area contributed by atoms with E-state index >= 15 is 0 Å². The lowest BCUT2D eigenvalue weighted by Gasteiger charge is -2.05. The summed E-state index contributed by atoms with van der Waals surface area (Å²) in [4.78, 5) is 34.8. The van der Waals surface area contributed by atoms with Gasteiger partial charge < -0.3 is 10.3 Å². The summed E-state index contributed by atoms with van der Waals surface area (Å²) in [7, 11) is 0. The first-order chi connectivity index (χ1) is 11.2. The molecule has 0 spiro atoms. The van der Waals surface area contributed by atoms with Crippen LogP contribution in [-0.2, 0) is 11.3 Å². The minimum atomic E-state index is -0.200. The maximum absolute atomic E-state index is 11.9. The van der Waals surface area contributed by atoms with Gasteiger partial charge in [-0.1, -0.05) is 30.0 Å². The van der Waals surface area contributed by atoms with Crippen LogP contribution in [0, 0.1) is 0 Å². The molecular weight excluding hydrogens is 312 g/mol. The first-order valence-electron chi connectivity index (χ1n) is 7.00. The highest BCUT2D eigenvalue weighted by Gasteiger charge is 2.07. The number of hydrogen-bond acceptors (Lipinski definition) is 5. The molecule has 0 fully saturated rings. The quantitative estimate of drug-likeness (QED) is 0.551.